The van der Waals surface area contributed by atoms with Crippen LogP contribution in [-0.2, 0) is 4.74 Å². The third-order valence-corrected chi connectivity index (χ3v) is 4.47. The quantitative estimate of drug-likeness (QED) is 0.798. The lowest BCUT2D eigenvalue weighted by atomic mass is 9.85. The Morgan fingerprint density at radius 2 is 1.82 bits per heavy atom. The van der Waals surface area contributed by atoms with Gasteiger partial charge in [-0.25, -0.2) is 0 Å². The van der Waals surface area contributed by atoms with Gasteiger partial charge in [-0.05, 0) is 24.2 Å². The molecule has 0 spiro atoms. The fourth-order valence-electron chi connectivity index (χ4n) is 3.30. The van der Waals surface area contributed by atoms with Crippen molar-refractivity contribution in [3.05, 3.63) is 0 Å². The molecule has 2 atom stereocenters. The van der Waals surface area contributed by atoms with Crippen LogP contribution in [0, 0.1) is 11.3 Å². The maximum absolute atomic E-state index is 6.03. The second-order valence-electron chi connectivity index (χ2n) is 6.99. The van der Waals surface area contributed by atoms with E-state index >= 15 is 0 Å². The van der Waals surface area contributed by atoms with Crippen molar-refractivity contribution < 1.29 is 4.74 Å². The van der Waals surface area contributed by atoms with Gasteiger partial charge in [0.25, 0.3) is 0 Å². The molecule has 0 aromatic heterocycles. The van der Waals surface area contributed by atoms with Crippen molar-refractivity contribution in [2.45, 2.75) is 71.4 Å². The van der Waals surface area contributed by atoms with Crippen LogP contribution >= 0.6 is 0 Å². The summed E-state index contributed by atoms with van der Waals surface area (Å²) in [5.41, 5.74) is 0.353. The van der Waals surface area contributed by atoms with Gasteiger partial charge in [0.1, 0.15) is 0 Å². The van der Waals surface area contributed by atoms with E-state index in [0.29, 0.717) is 17.6 Å². The highest BCUT2D eigenvalue weighted by Gasteiger charge is 2.29. The molecule has 2 aliphatic rings. The second-order valence-corrected chi connectivity index (χ2v) is 6.99. The SMILES string of the molecule is CC(C)(C)C1CCOC(CC2CCCC2)CN1. The Kier molecular flexibility index (Phi) is 4.48. The van der Waals surface area contributed by atoms with Crippen molar-refractivity contribution >= 4 is 0 Å². The first-order valence-corrected chi connectivity index (χ1v) is 7.40. The maximum Gasteiger partial charge on any atom is 0.0702 e. The molecule has 2 heteroatoms. The van der Waals surface area contributed by atoms with Crippen LogP contribution in [-0.4, -0.2) is 25.3 Å². The van der Waals surface area contributed by atoms with Gasteiger partial charge < -0.3 is 10.1 Å². The van der Waals surface area contributed by atoms with Crippen molar-refractivity contribution in [1.82, 2.24) is 5.32 Å². The monoisotopic (exact) mass is 239 g/mol. The highest BCUT2D eigenvalue weighted by molar-refractivity contribution is 4.84. The van der Waals surface area contributed by atoms with Crippen LogP contribution < -0.4 is 5.32 Å². The van der Waals surface area contributed by atoms with Gasteiger partial charge in [-0.3, -0.25) is 0 Å². The minimum Gasteiger partial charge on any atom is -0.377 e. The highest BCUT2D eigenvalue weighted by atomic mass is 16.5. The Morgan fingerprint density at radius 1 is 1.12 bits per heavy atom. The van der Waals surface area contributed by atoms with Crippen LogP contribution in [0.15, 0.2) is 0 Å². The molecular weight excluding hydrogens is 210 g/mol. The predicted octanol–water partition coefficient (Wildman–Crippen LogP) is 3.36. The van der Waals surface area contributed by atoms with Gasteiger partial charge in [0.15, 0.2) is 0 Å². The van der Waals surface area contributed by atoms with E-state index in [4.69, 9.17) is 4.74 Å². The molecular formula is C15H29NO. The fourth-order valence-corrected chi connectivity index (χ4v) is 3.30. The van der Waals surface area contributed by atoms with E-state index in [0.717, 1.165) is 25.5 Å². The molecule has 1 aliphatic carbocycles. The Morgan fingerprint density at radius 3 is 2.47 bits per heavy atom. The molecule has 0 aromatic carbocycles. The summed E-state index contributed by atoms with van der Waals surface area (Å²) >= 11 is 0. The summed E-state index contributed by atoms with van der Waals surface area (Å²) in [6, 6.07) is 0.607. The van der Waals surface area contributed by atoms with E-state index in [1.54, 1.807) is 0 Å². The molecule has 100 valence electrons. The number of rotatable bonds is 2. The third kappa shape index (κ3) is 3.96. The smallest absolute Gasteiger partial charge is 0.0702 e. The number of hydrogen-bond acceptors (Lipinski definition) is 2. The van der Waals surface area contributed by atoms with Gasteiger partial charge in [0.2, 0.25) is 0 Å². The van der Waals surface area contributed by atoms with Crippen LogP contribution in [0.25, 0.3) is 0 Å². The summed E-state index contributed by atoms with van der Waals surface area (Å²) in [5.74, 6) is 0.938. The van der Waals surface area contributed by atoms with Gasteiger partial charge in [-0.2, -0.15) is 0 Å². The van der Waals surface area contributed by atoms with Crippen LogP contribution in [0.5, 0.6) is 0 Å². The van der Waals surface area contributed by atoms with E-state index < -0.39 is 0 Å². The van der Waals surface area contributed by atoms with E-state index in [-0.39, 0.29) is 0 Å². The molecule has 1 saturated heterocycles. The maximum atomic E-state index is 6.03. The average molecular weight is 239 g/mol. The summed E-state index contributed by atoms with van der Waals surface area (Å²) in [7, 11) is 0. The molecule has 0 aromatic rings. The van der Waals surface area contributed by atoms with Crippen molar-refractivity contribution in [3.8, 4) is 0 Å². The minimum atomic E-state index is 0.353. The molecule has 0 bridgehead atoms. The van der Waals surface area contributed by atoms with E-state index in [1.165, 1.54) is 32.1 Å². The standard InChI is InChI=1S/C15H29NO/c1-15(2,3)14-8-9-17-13(11-16-14)10-12-6-4-5-7-12/h12-14,16H,4-11H2,1-3H3. The highest BCUT2D eigenvalue weighted by Crippen LogP contribution is 2.30. The molecule has 0 amide bonds. The number of hydrogen-bond donors (Lipinski definition) is 1. The zero-order chi connectivity index (χ0) is 12.3. The summed E-state index contributed by atoms with van der Waals surface area (Å²) in [6.45, 7) is 8.96. The summed E-state index contributed by atoms with van der Waals surface area (Å²) in [4.78, 5) is 0. The normalized spacial score (nSPS) is 32.6. The van der Waals surface area contributed by atoms with Crippen LogP contribution in [0.2, 0.25) is 0 Å². The van der Waals surface area contributed by atoms with E-state index in [9.17, 15) is 0 Å². The van der Waals surface area contributed by atoms with Crippen LogP contribution in [0.4, 0.5) is 0 Å². The molecule has 17 heavy (non-hydrogen) atoms. The molecule has 1 saturated carbocycles. The molecule has 1 heterocycles. The molecule has 2 unspecified atom stereocenters. The Labute approximate surface area is 107 Å². The van der Waals surface area contributed by atoms with Gasteiger partial charge >= 0.3 is 0 Å². The average Bonchev–Trinajstić information content (AvgIpc) is 2.61. The molecule has 1 N–H and O–H groups in total. The van der Waals surface area contributed by atoms with Crippen molar-refractivity contribution in [2.24, 2.45) is 11.3 Å². The molecule has 2 nitrogen and oxygen atoms in total. The minimum absolute atomic E-state index is 0.353. The van der Waals surface area contributed by atoms with Gasteiger partial charge in [-0.15, -0.1) is 0 Å². The first-order chi connectivity index (χ1) is 8.05. The fraction of sp³-hybridized carbons (Fsp3) is 1.00. The first kappa shape index (κ1) is 13.4. The number of ether oxygens (including phenoxy) is 1. The molecule has 1 aliphatic heterocycles. The van der Waals surface area contributed by atoms with Gasteiger partial charge in [-0.1, -0.05) is 46.5 Å². The lowest BCUT2D eigenvalue weighted by Crippen LogP contribution is -2.42. The van der Waals surface area contributed by atoms with Gasteiger partial charge in [0.05, 0.1) is 6.10 Å². The summed E-state index contributed by atoms with van der Waals surface area (Å²) in [5, 5.41) is 3.72. The van der Waals surface area contributed by atoms with Gasteiger partial charge in [0, 0.05) is 19.2 Å². The topological polar surface area (TPSA) is 21.3 Å². The van der Waals surface area contributed by atoms with Crippen LogP contribution in [0.3, 0.4) is 0 Å². The summed E-state index contributed by atoms with van der Waals surface area (Å²) < 4.78 is 6.03. The lowest BCUT2D eigenvalue weighted by molar-refractivity contribution is 0.0488. The lowest BCUT2D eigenvalue weighted by Gasteiger charge is -2.30. The zero-order valence-corrected chi connectivity index (χ0v) is 11.8. The molecule has 2 fully saturated rings. The van der Waals surface area contributed by atoms with Crippen LogP contribution in [0.1, 0.15) is 59.3 Å². The van der Waals surface area contributed by atoms with Crippen molar-refractivity contribution in [3.63, 3.8) is 0 Å². The number of nitrogens with one attached hydrogen (secondary N) is 1. The van der Waals surface area contributed by atoms with Crippen molar-refractivity contribution in [1.29, 1.82) is 0 Å². The predicted molar refractivity (Wildman–Crippen MR) is 72.2 cm³/mol. The molecule has 2 rings (SSSR count). The summed E-state index contributed by atoms with van der Waals surface area (Å²) in [6.07, 6.45) is 8.65. The zero-order valence-electron chi connectivity index (χ0n) is 11.8. The Balaban J connectivity index is 1.79. The van der Waals surface area contributed by atoms with E-state index in [2.05, 4.69) is 26.1 Å². The van der Waals surface area contributed by atoms with Crippen molar-refractivity contribution in [2.75, 3.05) is 13.2 Å². The third-order valence-electron chi connectivity index (χ3n) is 4.47. The Bertz CT molecular complexity index is 228. The largest absolute Gasteiger partial charge is 0.377 e. The molecule has 0 radical (unpaired) electrons. The second kappa shape index (κ2) is 5.71. The first-order valence-electron chi connectivity index (χ1n) is 7.40. The van der Waals surface area contributed by atoms with E-state index in [1.807, 2.05) is 0 Å². The Hall–Kier alpha value is -0.0800.